The van der Waals surface area contributed by atoms with Crippen LogP contribution < -0.4 is 0 Å². The molecule has 2 aromatic carbocycles. The molecule has 0 radical (unpaired) electrons. The first-order valence-corrected chi connectivity index (χ1v) is 11.4. The summed E-state index contributed by atoms with van der Waals surface area (Å²) in [6.07, 6.45) is -3.51. The molecule has 0 aliphatic carbocycles. The molecule has 5 rings (SSSR count). The number of carbonyl (C=O) groups excluding carboxylic acids is 1. The maximum absolute atomic E-state index is 13.9. The summed E-state index contributed by atoms with van der Waals surface area (Å²) in [5.41, 5.74) is 0.650. The van der Waals surface area contributed by atoms with E-state index in [1.165, 1.54) is 11.8 Å². The molecule has 1 aliphatic heterocycles. The zero-order valence-corrected chi connectivity index (χ0v) is 19.3. The van der Waals surface area contributed by atoms with Gasteiger partial charge in [0.15, 0.2) is 11.3 Å². The lowest BCUT2D eigenvalue weighted by atomic mass is 10.1. The van der Waals surface area contributed by atoms with Crippen LogP contribution in [0, 0.1) is 0 Å². The zero-order chi connectivity index (χ0) is 24.6. The highest BCUT2D eigenvalue weighted by Gasteiger charge is 2.36. The molecule has 1 fully saturated rings. The molecule has 3 heterocycles. The summed E-state index contributed by atoms with van der Waals surface area (Å²) in [6, 6.07) is 17.3. The molecule has 1 amide bonds. The minimum absolute atomic E-state index is 0.0443. The average molecular weight is 500 g/mol. The second kappa shape index (κ2) is 9.31. The van der Waals surface area contributed by atoms with E-state index in [9.17, 15) is 18.0 Å². The quantitative estimate of drug-likeness (QED) is 0.395. The van der Waals surface area contributed by atoms with E-state index in [1.54, 1.807) is 29.2 Å². The fourth-order valence-corrected chi connectivity index (χ4v) is 4.33. The first-order valence-electron chi connectivity index (χ1n) is 11.1. The van der Waals surface area contributed by atoms with Crippen molar-refractivity contribution in [3.05, 3.63) is 88.7 Å². The predicted molar refractivity (Wildman–Crippen MR) is 126 cm³/mol. The molecule has 0 N–H and O–H groups in total. The van der Waals surface area contributed by atoms with E-state index >= 15 is 0 Å². The third kappa shape index (κ3) is 4.87. The summed E-state index contributed by atoms with van der Waals surface area (Å²) in [6.45, 7) is 3.03. The number of rotatable bonds is 4. The molecule has 0 spiro atoms. The molecular weight excluding hydrogens is 479 g/mol. The fourth-order valence-electron chi connectivity index (χ4n) is 4.21. The summed E-state index contributed by atoms with van der Waals surface area (Å²) < 4.78 is 42.3. The molecule has 0 unspecified atom stereocenters. The van der Waals surface area contributed by atoms with Crippen LogP contribution in [0.4, 0.5) is 13.2 Å². The number of hydrogen-bond donors (Lipinski definition) is 0. The van der Waals surface area contributed by atoms with Crippen molar-refractivity contribution in [1.29, 1.82) is 0 Å². The van der Waals surface area contributed by atoms with Crippen LogP contribution in [0.25, 0.3) is 16.9 Å². The number of nitrogens with zero attached hydrogens (tertiary/aromatic N) is 5. The number of carbonyl (C=O) groups is 1. The van der Waals surface area contributed by atoms with Crippen molar-refractivity contribution in [3.63, 3.8) is 0 Å². The molecule has 0 bridgehead atoms. The van der Waals surface area contributed by atoms with Crippen molar-refractivity contribution in [3.8, 4) is 11.3 Å². The van der Waals surface area contributed by atoms with E-state index in [0.29, 0.717) is 41.3 Å². The van der Waals surface area contributed by atoms with Crippen LogP contribution in [0.1, 0.15) is 21.6 Å². The normalized spacial score (nSPS) is 15.0. The highest BCUT2D eigenvalue weighted by Crippen LogP contribution is 2.33. The first kappa shape index (κ1) is 23.3. The van der Waals surface area contributed by atoms with Gasteiger partial charge in [-0.05, 0) is 23.8 Å². The maximum Gasteiger partial charge on any atom is 0.433 e. The van der Waals surface area contributed by atoms with Crippen LogP contribution in [0.5, 0.6) is 0 Å². The summed E-state index contributed by atoms with van der Waals surface area (Å²) in [5, 5.41) is 4.33. The predicted octanol–water partition coefficient (Wildman–Crippen LogP) is 5.03. The Bertz CT molecular complexity index is 1350. The molecule has 180 valence electrons. The lowest BCUT2D eigenvalue weighted by molar-refractivity contribution is -0.142. The van der Waals surface area contributed by atoms with E-state index in [2.05, 4.69) is 27.1 Å². The standard InChI is InChI=1S/C25H21ClF3N5O/c26-19-8-6-18(7-9-19)21-14-22(25(27,28)29)34-23(31-21)20(15-30-34)24(35)33-12-10-32(11-13-33)16-17-4-2-1-3-5-17/h1-9,14-15H,10-13,16H2. The minimum Gasteiger partial charge on any atom is -0.336 e. The number of halogens is 4. The van der Waals surface area contributed by atoms with Crippen LogP contribution in [0.15, 0.2) is 66.9 Å². The van der Waals surface area contributed by atoms with Gasteiger partial charge in [-0.15, -0.1) is 0 Å². The van der Waals surface area contributed by atoms with Crippen LogP contribution in [-0.2, 0) is 12.7 Å². The number of hydrogen-bond acceptors (Lipinski definition) is 4. The summed E-state index contributed by atoms with van der Waals surface area (Å²) in [7, 11) is 0. The Balaban J connectivity index is 1.42. The Labute approximate surface area is 204 Å². The third-order valence-corrected chi connectivity index (χ3v) is 6.29. The van der Waals surface area contributed by atoms with Gasteiger partial charge < -0.3 is 4.90 Å². The lowest BCUT2D eigenvalue weighted by Crippen LogP contribution is -2.48. The number of aromatic nitrogens is 3. The highest BCUT2D eigenvalue weighted by molar-refractivity contribution is 6.30. The van der Waals surface area contributed by atoms with Crippen LogP contribution in [0.2, 0.25) is 5.02 Å². The van der Waals surface area contributed by atoms with Gasteiger partial charge in [0.05, 0.1) is 11.9 Å². The molecule has 2 aromatic heterocycles. The Morgan fingerprint density at radius 3 is 2.31 bits per heavy atom. The van der Waals surface area contributed by atoms with Crippen molar-refractivity contribution in [1.82, 2.24) is 24.4 Å². The van der Waals surface area contributed by atoms with Gasteiger partial charge in [0.1, 0.15) is 5.56 Å². The van der Waals surface area contributed by atoms with Crippen molar-refractivity contribution in [2.24, 2.45) is 0 Å². The van der Waals surface area contributed by atoms with Crippen LogP contribution in [-0.4, -0.2) is 56.5 Å². The van der Waals surface area contributed by atoms with Crippen LogP contribution in [0.3, 0.4) is 0 Å². The number of alkyl halides is 3. The van der Waals surface area contributed by atoms with E-state index in [4.69, 9.17) is 11.6 Å². The van der Waals surface area contributed by atoms with Crippen molar-refractivity contribution in [2.75, 3.05) is 26.2 Å². The van der Waals surface area contributed by atoms with Crippen molar-refractivity contribution in [2.45, 2.75) is 12.7 Å². The van der Waals surface area contributed by atoms with Gasteiger partial charge >= 0.3 is 6.18 Å². The van der Waals surface area contributed by atoms with Crippen molar-refractivity contribution >= 4 is 23.2 Å². The monoisotopic (exact) mass is 499 g/mol. The van der Waals surface area contributed by atoms with Gasteiger partial charge in [-0.2, -0.15) is 18.3 Å². The Hall–Kier alpha value is -3.43. The second-order valence-corrected chi connectivity index (χ2v) is 8.82. The molecule has 0 saturated carbocycles. The van der Waals surface area contributed by atoms with E-state index in [1.807, 2.05) is 18.2 Å². The smallest absolute Gasteiger partial charge is 0.336 e. The second-order valence-electron chi connectivity index (χ2n) is 8.38. The van der Waals surface area contributed by atoms with Gasteiger partial charge in [-0.25, -0.2) is 9.50 Å². The third-order valence-electron chi connectivity index (χ3n) is 6.04. The van der Waals surface area contributed by atoms with E-state index < -0.39 is 11.9 Å². The van der Waals surface area contributed by atoms with Gasteiger partial charge in [-0.3, -0.25) is 9.69 Å². The minimum atomic E-state index is -4.68. The summed E-state index contributed by atoms with van der Waals surface area (Å²) in [4.78, 5) is 21.6. The number of fused-ring (bicyclic) bond motifs is 1. The number of benzene rings is 2. The highest BCUT2D eigenvalue weighted by atomic mass is 35.5. The summed E-state index contributed by atoms with van der Waals surface area (Å²) in [5.74, 6) is -0.381. The molecule has 1 saturated heterocycles. The molecular formula is C25H21ClF3N5O. The zero-order valence-electron chi connectivity index (χ0n) is 18.5. The Kier molecular flexibility index (Phi) is 6.21. The molecule has 35 heavy (non-hydrogen) atoms. The maximum atomic E-state index is 13.9. The number of amides is 1. The summed E-state index contributed by atoms with van der Waals surface area (Å²) >= 11 is 5.92. The van der Waals surface area contributed by atoms with Gasteiger partial charge in [0.25, 0.3) is 5.91 Å². The SMILES string of the molecule is O=C(c1cnn2c(C(F)(F)F)cc(-c3ccc(Cl)cc3)nc12)N1CCN(Cc2ccccc2)CC1. The van der Waals surface area contributed by atoms with Gasteiger partial charge in [0, 0.05) is 43.3 Å². The Morgan fingerprint density at radius 1 is 0.971 bits per heavy atom. The first-order chi connectivity index (χ1) is 16.8. The van der Waals surface area contributed by atoms with Crippen LogP contribution >= 0.6 is 11.6 Å². The number of piperazine rings is 1. The molecule has 10 heteroatoms. The van der Waals surface area contributed by atoms with Gasteiger partial charge in [-0.1, -0.05) is 54.1 Å². The average Bonchev–Trinajstić information content (AvgIpc) is 3.28. The Morgan fingerprint density at radius 2 is 1.66 bits per heavy atom. The molecule has 4 aromatic rings. The topological polar surface area (TPSA) is 53.7 Å². The fraction of sp³-hybridized carbons (Fsp3) is 0.240. The largest absolute Gasteiger partial charge is 0.433 e. The van der Waals surface area contributed by atoms with Crippen molar-refractivity contribution < 1.29 is 18.0 Å². The van der Waals surface area contributed by atoms with E-state index in [-0.39, 0.29) is 22.8 Å². The molecule has 6 nitrogen and oxygen atoms in total. The lowest BCUT2D eigenvalue weighted by Gasteiger charge is -2.34. The molecule has 0 atom stereocenters. The van der Waals surface area contributed by atoms with Gasteiger partial charge in [0.2, 0.25) is 0 Å². The molecule has 1 aliphatic rings. The van der Waals surface area contributed by atoms with E-state index in [0.717, 1.165) is 12.6 Å².